The molecule has 3 rings (SSSR count). The quantitative estimate of drug-likeness (QED) is 0.621. The zero-order valence-corrected chi connectivity index (χ0v) is 19.8. The highest BCUT2D eigenvalue weighted by molar-refractivity contribution is 7.89. The van der Waals surface area contributed by atoms with Crippen molar-refractivity contribution in [1.29, 1.82) is 0 Å². The van der Waals surface area contributed by atoms with Crippen LogP contribution in [0.3, 0.4) is 0 Å². The highest BCUT2D eigenvalue weighted by Crippen LogP contribution is 2.22. The SMILES string of the molecule is Cc1ccc(S(=O)(=O)N2CCN(C(=O)COC(=O)c3ccc(C(C)C)cc3)CC2)c(C)c1. The van der Waals surface area contributed by atoms with Crippen LogP contribution in [0.1, 0.15) is 46.8 Å². The van der Waals surface area contributed by atoms with E-state index in [0.717, 1.165) is 11.1 Å². The van der Waals surface area contributed by atoms with Crippen LogP contribution < -0.4 is 0 Å². The van der Waals surface area contributed by atoms with Crippen molar-refractivity contribution in [1.82, 2.24) is 9.21 Å². The van der Waals surface area contributed by atoms with Crippen molar-refractivity contribution in [3.05, 3.63) is 64.7 Å². The van der Waals surface area contributed by atoms with Gasteiger partial charge in [-0.1, -0.05) is 43.7 Å². The first-order valence-electron chi connectivity index (χ1n) is 10.7. The van der Waals surface area contributed by atoms with Crippen molar-refractivity contribution in [2.45, 2.75) is 38.5 Å². The zero-order chi connectivity index (χ0) is 23.5. The molecule has 7 nitrogen and oxygen atoms in total. The van der Waals surface area contributed by atoms with Crippen LogP contribution in [0.25, 0.3) is 0 Å². The number of ether oxygens (including phenoxy) is 1. The molecule has 0 radical (unpaired) electrons. The third-order valence-corrected chi connectivity index (χ3v) is 7.74. The maximum absolute atomic E-state index is 13.0. The highest BCUT2D eigenvalue weighted by Gasteiger charge is 2.31. The molecule has 0 atom stereocenters. The van der Waals surface area contributed by atoms with Crippen LogP contribution in [0, 0.1) is 13.8 Å². The van der Waals surface area contributed by atoms with Gasteiger partial charge in [-0.15, -0.1) is 0 Å². The van der Waals surface area contributed by atoms with Gasteiger partial charge in [-0.2, -0.15) is 4.31 Å². The summed E-state index contributed by atoms with van der Waals surface area (Å²) in [4.78, 5) is 26.5. The summed E-state index contributed by atoms with van der Waals surface area (Å²) in [6, 6.07) is 12.4. The highest BCUT2D eigenvalue weighted by atomic mass is 32.2. The molecule has 1 fully saturated rings. The molecule has 2 aromatic rings. The second-order valence-corrected chi connectivity index (χ2v) is 10.3. The van der Waals surface area contributed by atoms with Crippen LogP contribution >= 0.6 is 0 Å². The van der Waals surface area contributed by atoms with Crippen molar-refractivity contribution in [3.8, 4) is 0 Å². The minimum Gasteiger partial charge on any atom is -0.452 e. The Kier molecular flexibility index (Phi) is 7.36. The minimum absolute atomic E-state index is 0.200. The number of amides is 1. The van der Waals surface area contributed by atoms with Crippen molar-refractivity contribution in [3.63, 3.8) is 0 Å². The lowest BCUT2D eigenvalue weighted by Gasteiger charge is -2.34. The number of hydrogen-bond donors (Lipinski definition) is 0. The van der Waals surface area contributed by atoms with Gasteiger partial charge in [-0.25, -0.2) is 13.2 Å². The zero-order valence-electron chi connectivity index (χ0n) is 19.0. The smallest absolute Gasteiger partial charge is 0.338 e. The number of benzene rings is 2. The maximum Gasteiger partial charge on any atom is 0.338 e. The number of esters is 1. The fourth-order valence-corrected chi connectivity index (χ4v) is 5.34. The second-order valence-electron chi connectivity index (χ2n) is 8.41. The summed E-state index contributed by atoms with van der Waals surface area (Å²) in [5.41, 5.74) is 3.22. The Bertz CT molecular complexity index is 1090. The van der Waals surface area contributed by atoms with Crippen LogP contribution in [-0.2, 0) is 19.6 Å². The molecule has 1 amide bonds. The van der Waals surface area contributed by atoms with Crippen LogP contribution in [-0.4, -0.2) is 62.3 Å². The summed E-state index contributed by atoms with van der Waals surface area (Å²) in [6.07, 6.45) is 0. The number of sulfonamides is 1. The Morgan fingerprint density at radius 1 is 0.969 bits per heavy atom. The van der Waals surface area contributed by atoms with E-state index in [1.807, 2.05) is 25.1 Å². The molecule has 0 saturated carbocycles. The molecule has 0 N–H and O–H groups in total. The molecule has 172 valence electrons. The average Bonchev–Trinajstić information content (AvgIpc) is 2.77. The lowest BCUT2D eigenvalue weighted by Crippen LogP contribution is -2.51. The van der Waals surface area contributed by atoms with Crippen LogP contribution in [0.15, 0.2) is 47.4 Å². The molecular formula is C24H30N2O5S. The van der Waals surface area contributed by atoms with E-state index in [4.69, 9.17) is 4.74 Å². The number of carbonyl (C=O) groups excluding carboxylic acids is 2. The Labute approximate surface area is 190 Å². The average molecular weight is 459 g/mol. The molecule has 1 heterocycles. The first-order valence-corrected chi connectivity index (χ1v) is 12.2. The predicted molar refractivity (Wildman–Crippen MR) is 122 cm³/mol. The normalized spacial score (nSPS) is 15.1. The fourth-order valence-electron chi connectivity index (χ4n) is 3.71. The van der Waals surface area contributed by atoms with Crippen LogP contribution in [0.5, 0.6) is 0 Å². The van der Waals surface area contributed by atoms with Gasteiger partial charge < -0.3 is 9.64 Å². The van der Waals surface area contributed by atoms with Crippen molar-refractivity contribution >= 4 is 21.9 Å². The summed E-state index contributed by atoms with van der Waals surface area (Å²) in [5.74, 6) is -0.524. The lowest BCUT2D eigenvalue weighted by atomic mass is 10.0. The van der Waals surface area contributed by atoms with Crippen molar-refractivity contribution < 1.29 is 22.7 Å². The number of piperazine rings is 1. The number of carbonyl (C=O) groups is 2. The molecule has 1 aliphatic heterocycles. The molecular weight excluding hydrogens is 428 g/mol. The van der Waals surface area contributed by atoms with Gasteiger partial charge in [-0.3, -0.25) is 4.79 Å². The van der Waals surface area contributed by atoms with E-state index in [9.17, 15) is 18.0 Å². The number of rotatable bonds is 6. The number of nitrogens with zero attached hydrogens (tertiary/aromatic N) is 2. The van der Waals surface area contributed by atoms with Gasteiger partial charge in [0.25, 0.3) is 5.91 Å². The topological polar surface area (TPSA) is 84.0 Å². The molecule has 0 spiro atoms. The van der Waals surface area contributed by atoms with E-state index in [1.165, 1.54) is 9.21 Å². The predicted octanol–water partition coefficient (Wildman–Crippen LogP) is 3.12. The Morgan fingerprint density at radius 2 is 1.59 bits per heavy atom. The van der Waals surface area contributed by atoms with Gasteiger partial charge in [0.05, 0.1) is 10.5 Å². The summed E-state index contributed by atoms with van der Waals surface area (Å²) in [7, 11) is -3.62. The fraction of sp³-hybridized carbons (Fsp3) is 0.417. The van der Waals surface area contributed by atoms with Gasteiger partial charge in [0.15, 0.2) is 6.61 Å². The molecule has 2 aromatic carbocycles. The van der Waals surface area contributed by atoms with Crippen LogP contribution in [0.2, 0.25) is 0 Å². The van der Waals surface area contributed by atoms with Gasteiger partial charge >= 0.3 is 5.97 Å². The van der Waals surface area contributed by atoms with Crippen molar-refractivity contribution in [2.75, 3.05) is 32.8 Å². The first-order chi connectivity index (χ1) is 15.1. The molecule has 32 heavy (non-hydrogen) atoms. The Morgan fingerprint density at radius 3 is 2.16 bits per heavy atom. The Hall–Kier alpha value is -2.71. The third-order valence-electron chi connectivity index (χ3n) is 5.68. The second kappa shape index (κ2) is 9.83. The van der Waals surface area contributed by atoms with E-state index in [-0.39, 0.29) is 38.7 Å². The molecule has 0 unspecified atom stereocenters. The summed E-state index contributed by atoms with van der Waals surface area (Å²) >= 11 is 0. The van der Waals surface area contributed by atoms with Gasteiger partial charge in [0, 0.05) is 26.2 Å². The standard InChI is InChI=1S/C24H30N2O5S/c1-17(2)20-6-8-21(9-7-20)24(28)31-16-23(27)25-11-13-26(14-12-25)32(29,30)22-10-5-18(3)15-19(22)4/h5-10,15,17H,11-14,16H2,1-4H3. The largest absolute Gasteiger partial charge is 0.452 e. The van der Waals surface area contributed by atoms with Crippen molar-refractivity contribution in [2.24, 2.45) is 0 Å². The number of aryl methyl sites for hydroxylation is 2. The molecule has 1 aliphatic rings. The summed E-state index contributed by atoms with van der Waals surface area (Å²) in [5, 5.41) is 0. The molecule has 8 heteroatoms. The van der Waals surface area contributed by atoms with Gasteiger partial charge in [0.2, 0.25) is 10.0 Å². The molecule has 1 saturated heterocycles. The summed E-state index contributed by atoms with van der Waals surface area (Å²) in [6.45, 7) is 8.38. The first kappa shape index (κ1) is 23.9. The van der Waals surface area contributed by atoms with Gasteiger partial charge in [0.1, 0.15) is 0 Å². The monoisotopic (exact) mass is 458 g/mol. The third kappa shape index (κ3) is 5.37. The minimum atomic E-state index is -3.62. The lowest BCUT2D eigenvalue weighted by molar-refractivity contribution is -0.135. The Balaban J connectivity index is 1.53. The van der Waals surface area contributed by atoms with E-state index >= 15 is 0 Å². The summed E-state index contributed by atoms with van der Waals surface area (Å²) < 4.78 is 32.5. The maximum atomic E-state index is 13.0. The molecule has 0 aromatic heterocycles. The van der Waals surface area contributed by atoms with E-state index in [1.54, 1.807) is 31.2 Å². The van der Waals surface area contributed by atoms with Gasteiger partial charge in [-0.05, 0) is 49.1 Å². The van der Waals surface area contributed by atoms with E-state index in [2.05, 4.69) is 13.8 Å². The van der Waals surface area contributed by atoms with E-state index in [0.29, 0.717) is 21.9 Å². The van der Waals surface area contributed by atoms with Crippen LogP contribution in [0.4, 0.5) is 0 Å². The number of hydrogen-bond acceptors (Lipinski definition) is 5. The molecule has 0 bridgehead atoms. The van der Waals surface area contributed by atoms with E-state index < -0.39 is 16.0 Å². The molecule has 0 aliphatic carbocycles.